The maximum absolute atomic E-state index is 13.8. The molecule has 0 radical (unpaired) electrons. The van der Waals surface area contributed by atoms with Gasteiger partial charge in [0.1, 0.15) is 18.3 Å². The number of aryl methyl sites for hydroxylation is 1. The van der Waals surface area contributed by atoms with Crippen LogP contribution < -0.4 is 14.4 Å². The van der Waals surface area contributed by atoms with Crippen molar-refractivity contribution >= 4 is 27.5 Å². The Morgan fingerprint density at radius 3 is 2.41 bits per heavy atom. The van der Waals surface area contributed by atoms with Crippen LogP contribution in [0.25, 0.3) is 0 Å². The van der Waals surface area contributed by atoms with Gasteiger partial charge in [-0.15, -0.1) is 0 Å². The fourth-order valence-corrected chi connectivity index (χ4v) is 5.67. The number of amides is 2. The van der Waals surface area contributed by atoms with Crippen LogP contribution in [0.4, 0.5) is 5.69 Å². The first-order chi connectivity index (χ1) is 17.6. The van der Waals surface area contributed by atoms with E-state index in [0.717, 1.165) is 47.4 Å². The third-order valence-corrected chi connectivity index (χ3v) is 7.93. The summed E-state index contributed by atoms with van der Waals surface area (Å²) in [5.74, 6) is -0.00497. The van der Waals surface area contributed by atoms with E-state index in [1.54, 1.807) is 25.3 Å². The molecule has 8 nitrogen and oxygen atoms in total. The van der Waals surface area contributed by atoms with E-state index in [0.29, 0.717) is 17.9 Å². The van der Waals surface area contributed by atoms with Crippen LogP contribution in [0.3, 0.4) is 0 Å². The van der Waals surface area contributed by atoms with Crippen molar-refractivity contribution in [2.24, 2.45) is 0 Å². The Morgan fingerprint density at radius 2 is 1.78 bits per heavy atom. The lowest BCUT2D eigenvalue weighted by Gasteiger charge is -2.34. The first-order valence-corrected chi connectivity index (χ1v) is 14.7. The Kier molecular flexibility index (Phi) is 9.97. The molecule has 9 heteroatoms. The number of anilines is 1. The van der Waals surface area contributed by atoms with Gasteiger partial charge in [-0.1, -0.05) is 50.5 Å². The summed E-state index contributed by atoms with van der Waals surface area (Å²) in [4.78, 5) is 28.8. The largest absolute Gasteiger partial charge is 0.497 e. The molecule has 202 valence electrons. The van der Waals surface area contributed by atoms with Gasteiger partial charge in [0.25, 0.3) is 0 Å². The minimum absolute atomic E-state index is 0.101. The fraction of sp³-hybridized carbons (Fsp3) is 0.500. The van der Waals surface area contributed by atoms with E-state index >= 15 is 0 Å². The summed E-state index contributed by atoms with van der Waals surface area (Å²) in [7, 11) is -2.19. The van der Waals surface area contributed by atoms with Gasteiger partial charge in [-0.2, -0.15) is 0 Å². The predicted molar refractivity (Wildman–Crippen MR) is 146 cm³/mol. The number of nitrogens with one attached hydrogen (secondary N) is 1. The summed E-state index contributed by atoms with van der Waals surface area (Å²) in [5.41, 5.74) is 2.08. The van der Waals surface area contributed by atoms with Gasteiger partial charge in [0, 0.05) is 12.6 Å². The summed E-state index contributed by atoms with van der Waals surface area (Å²) < 4.78 is 31.9. The molecule has 3 rings (SSSR count). The number of hydrogen-bond acceptors (Lipinski definition) is 5. The second-order valence-electron chi connectivity index (χ2n) is 9.75. The van der Waals surface area contributed by atoms with Crippen LogP contribution in [0.2, 0.25) is 0 Å². The van der Waals surface area contributed by atoms with Crippen LogP contribution in [0.1, 0.15) is 56.6 Å². The Balaban J connectivity index is 1.92. The second kappa shape index (κ2) is 12.9. The maximum Gasteiger partial charge on any atom is 0.244 e. The Morgan fingerprint density at radius 1 is 1.08 bits per heavy atom. The zero-order valence-corrected chi connectivity index (χ0v) is 23.1. The lowest BCUT2D eigenvalue weighted by Crippen LogP contribution is -2.53. The molecular weight excluding hydrogens is 490 g/mol. The Hall–Kier alpha value is -3.07. The Bertz CT molecular complexity index is 1180. The number of hydrogen-bond donors (Lipinski definition) is 1. The van der Waals surface area contributed by atoms with Crippen LogP contribution in [0.15, 0.2) is 48.5 Å². The number of carbonyl (C=O) groups excluding carboxylic acids is 2. The first-order valence-electron chi connectivity index (χ1n) is 12.9. The average molecular weight is 530 g/mol. The fourth-order valence-electron chi connectivity index (χ4n) is 4.83. The van der Waals surface area contributed by atoms with Crippen molar-refractivity contribution in [1.29, 1.82) is 0 Å². The lowest BCUT2D eigenvalue weighted by atomic mass is 9.95. The molecule has 1 fully saturated rings. The van der Waals surface area contributed by atoms with Gasteiger partial charge in [0.15, 0.2) is 0 Å². The molecule has 2 aromatic rings. The third kappa shape index (κ3) is 7.95. The van der Waals surface area contributed by atoms with Crippen molar-refractivity contribution in [1.82, 2.24) is 10.2 Å². The van der Waals surface area contributed by atoms with Crippen LogP contribution in [-0.4, -0.2) is 57.1 Å². The average Bonchev–Trinajstić information content (AvgIpc) is 2.87. The second-order valence-corrected chi connectivity index (χ2v) is 11.7. The van der Waals surface area contributed by atoms with Crippen molar-refractivity contribution < 1.29 is 22.7 Å². The minimum Gasteiger partial charge on any atom is -0.497 e. The predicted octanol–water partition coefficient (Wildman–Crippen LogP) is 4.03. The van der Waals surface area contributed by atoms with Crippen molar-refractivity contribution in [2.75, 3.05) is 24.2 Å². The lowest BCUT2D eigenvalue weighted by molar-refractivity contribution is -0.140. The van der Waals surface area contributed by atoms with E-state index in [1.807, 2.05) is 44.2 Å². The number of ether oxygens (including phenoxy) is 1. The number of rotatable bonds is 11. The molecule has 0 spiro atoms. The zero-order chi connectivity index (χ0) is 27.0. The molecule has 2 aromatic carbocycles. The van der Waals surface area contributed by atoms with E-state index < -0.39 is 28.5 Å². The highest BCUT2D eigenvalue weighted by Crippen LogP contribution is 2.23. The number of sulfonamides is 1. The highest BCUT2D eigenvalue weighted by molar-refractivity contribution is 7.92. The van der Waals surface area contributed by atoms with Crippen LogP contribution in [0.5, 0.6) is 5.75 Å². The molecule has 0 heterocycles. The van der Waals surface area contributed by atoms with Gasteiger partial charge < -0.3 is 15.0 Å². The monoisotopic (exact) mass is 529 g/mol. The van der Waals surface area contributed by atoms with Gasteiger partial charge in [0.05, 0.1) is 19.1 Å². The van der Waals surface area contributed by atoms with E-state index in [-0.39, 0.29) is 18.5 Å². The standard InChI is InChI=1S/C28H39N3O5S/c1-5-26(28(33)29-23-13-7-6-8-14-23)30(19-22-12-10-16-25(18-22)36-3)27(32)20-31(37(4,34)35)24-15-9-11-21(2)17-24/h9-12,15-18,23,26H,5-8,13-14,19-20H2,1-4H3,(H,29,33)/t26-/m1/s1. The first kappa shape index (κ1) is 28.5. The van der Waals surface area contributed by atoms with Gasteiger partial charge in [-0.25, -0.2) is 8.42 Å². The van der Waals surface area contributed by atoms with Crippen LogP contribution >= 0.6 is 0 Å². The zero-order valence-electron chi connectivity index (χ0n) is 22.3. The molecule has 1 saturated carbocycles. The summed E-state index contributed by atoms with van der Waals surface area (Å²) in [6, 6.07) is 13.7. The third-order valence-electron chi connectivity index (χ3n) is 6.79. The van der Waals surface area contributed by atoms with Crippen molar-refractivity contribution in [3.8, 4) is 5.75 Å². The van der Waals surface area contributed by atoms with Crippen molar-refractivity contribution in [2.45, 2.75) is 71.0 Å². The van der Waals surface area contributed by atoms with Gasteiger partial charge in [0.2, 0.25) is 21.8 Å². The molecule has 2 amide bonds. The molecule has 1 N–H and O–H groups in total. The van der Waals surface area contributed by atoms with E-state index in [1.165, 1.54) is 11.3 Å². The van der Waals surface area contributed by atoms with Crippen LogP contribution in [0, 0.1) is 6.92 Å². The molecule has 1 atom stereocenters. The topological polar surface area (TPSA) is 96.0 Å². The molecule has 0 aliphatic heterocycles. The van der Waals surface area contributed by atoms with Gasteiger partial charge in [-0.05, 0) is 61.6 Å². The normalized spacial score (nSPS) is 15.0. The van der Waals surface area contributed by atoms with Crippen molar-refractivity contribution in [3.63, 3.8) is 0 Å². The molecular formula is C28H39N3O5S. The van der Waals surface area contributed by atoms with Crippen LogP contribution in [-0.2, 0) is 26.2 Å². The highest BCUT2D eigenvalue weighted by atomic mass is 32.2. The molecule has 0 aromatic heterocycles. The molecule has 0 unspecified atom stereocenters. The number of benzene rings is 2. The maximum atomic E-state index is 13.8. The molecule has 37 heavy (non-hydrogen) atoms. The Labute approximate surface area is 221 Å². The van der Waals surface area contributed by atoms with E-state index in [4.69, 9.17) is 4.74 Å². The molecule has 1 aliphatic rings. The summed E-state index contributed by atoms with van der Waals surface area (Å²) in [5, 5.41) is 3.15. The number of methoxy groups -OCH3 is 1. The van der Waals surface area contributed by atoms with Crippen molar-refractivity contribution in [3.05, 3.63) is 59.7 Å². The van der Waals surface area contributed by atoms with E-state index in [9.17, 15) is 18.0 Å². The SMILES string of the molecule is CC[C@H](C(=O)NC1CCCCC1)N(Cc1cccc(OC)c1)C(=O)CN(c1cccc(C)c1)S(C)(=O)=O. The smallest absolute Gasteiger partial charge is 0.244 e. The molecule has 1 aliphatic carbocycles. The summed E-state index contributed by atoms with van der Waals surface area (Å²) in [6.07, 6.45) is 6.68. The number of carbonyl (C=O) groups is 2. The van der Waals surface area contributed by atoms with Gasteiger partial charge in [-0.3, -0.25) is 13.9 Å². The molecule has 0 bridgehead atoms. The number of nitrogens with zero attached hydrogens (tertiary/aromatic N) is 2. The quantitative estimate of drug-likeness (QED) is 0.474. The van der Waals surface area contributed by atoms with Gasteiger partial charge >= 0.3 is 0 Å². The van der Waals surface area contributed by atoms with E-state index in [2.05, 4.69) is 5.32 Å². The highest BCUT2D eigenvalue weighted by Gasteiger charge is 2.32. The minimum atomic E-state index is -3.76. The summed E-state index contributed by atoms with van der Waals surface area (Å²) >= 11 is 0. The molecule has 0 saturated heterocycles. The summed E-state index contributed by atoms with van der Waals surface area (Å²) in [6.45, 7) is 3.48.